The number of hydrogen-bond acceptors (Lipinski definition) is 2. The van der Waals surface area contributed by atoms with Gasteiger partial charge in [-0.2, -0.15) is 0 Å². The fourth-order valence-electron chi connectivity index (χ4n) is 3.76. The Bertz CT molecular complexity index is 266. The van der Waals surface area contributed by atoms with Crippen LogP contribution in [0.3, 0.4) is 0 Å². The second-order valence-electron chi connectivity index (χ2n) is 6.36. The minimum atomic E-state index is -0.101. The maximum atomic E-state index is 11.3. The molecule has 2 rings (SSSR count). The van der Waals surface area contributed by atoms with Gasteiger partial charge in [-0.1, -0.05) is 25.7 Å². The summed E-state index contributed by atoms with van der Waals surface area (Å²) in [6.07, 6.45) is 12.2. The van der Waals surface area contributed by atoms with Gasteiger partial charge in [0.2, 0.25) is 5.91 Å². The predicted octanol–water partition coefficient (Wildman–Crippen LogP) is 2.69. The second kappa shape index (κ2) is 6.55. The van der Waals surface area contributed by atoms with Crippen molar-refractivity contribution in [2.75, 3.05) is 19.6 Å². The molecule has 0 bridgehead atoms. The van der Waals surface area contributed by atoms with Gasteiger partial charge in [0.15, 0.2) is 0 Å². The number of nitrogens with zero attached hydrogens (tertiary/aromatic N) is 1. The van der Waals surface area contributed by atoms with E-state index in [0.717, 1.165) is 0 Å². The molecule has 0 unspecified atom stereocenters. The number of amides is 1. The van der Waals surface area contributed by atoms with Crippen LogP contribution in [0, 0.1) is 5.41 Å². The van der Waals surface area contributed by atoms with E-state index in [4.69, 9.17) is 5.73 Å². The van der Waals surface area contributed by atoms with Gasteiger partial charge < -0.3 is 10.6 Å². The molecular formula is C15H28N2O. The lowest BCUT2D eigenvalue weighted by atomic mass is 9.69. The van der Waals surface area contributed by atoms with Crippen molar-refractivity contribution >= 4 is 5.91 Å². The Morgan fingerprint density at radius 1 is 1.00 bits per heavy atom. The van der Waals surface area contributed by atoms with Crippen LogP contribution < -0.4 is 5.73 Å². The van der Waals surface area contributed by atoms with Gasteiger partial charge in [-0.25, -0.2) is 0 Å². The average Bonchev–Trinajstić information content (AvgIpc) is 2.38. The second-order valence-corrected chi connectivity index (χ2v) is 6.36. The van der Waals surface area contributed by atoms with Crippen molar-refractivity contribution in [2.24, 2.45) is 11.1 Å². The molecular weight excluding hydrogens is 224 g/mol. The molecule has 1 amide bonds. The van der Waals surface area contributed by atoms with E-state index >= 15 is 0 Å². The van der Waals surface area contributed by atoms with E-state index < -0.39 is 0 Å². The highest BCUT2D eigenvalue weighted by Gasteiger charge is 2.33. The molecule has 0 aromatic rings. The molecule has 2 fully saturated rings. The van der Waals surface area contributed by atoms with Gasteiger partial charge in [0.25, 0.3) is 0 Å². The number of carbonyl (C=O) groups is 1. The number of carbonyl (C=O) groups excluding carboxylic acids is 1. The van der Waals surface area contributed by atoms with Gasteiger partial charge in [0.05, 0.1) is 0 Å². The smallest absolute Gasteiger partial charge is 0.217 e. The SMILES string of the molecule is NC(=O)CC1(CCN2CCCCC2)CCCCC1. The molecule has 1 saturated heterocycles. The van der Waals surface area contributed by atoms with E-state index in [0.29, 0.717) is 6.42 Å². The first-order chi connectivity index (χ1) is 8.70. The molecule has 2 N–H and O–H groups in total. The summed E-state index contributed by atoms with van der Waals surface area (Å²) in [7, 11) is 0. The van der Waals surface area contributed by atoms with Crippen molar-refractivity contribution in [1.82, 2.24) is 4.90 Å². The number of likely N-dealkylation sites (tertiary alicyclic amines) is 1. The summed E-state index contributed by atoms with van der Waals surface area (Å²) in [6, 6.07) is 0. The van der Waals surface area contributed by atoms with Gasteiger partial charge >= 0.3 is 0 Å². The van der Waals surface area contributed by atoms with Crippen molar-refractivity contribution in [2.45, 2.75) is 64.2 Å². The summed E-state index contributed by atoms with van der Waals surface area (Å²) in [5.74, 6) is -0.101. The molecule has 1 aliphatic heterocycles. The first kappa shape index (κ1) is 13.9. The summed E-state index contributed by atoms with van der Waals surface area (Å²) in [5.41, 5.74) is 5.70. The molecule has 0 spiro atoms. The lowest BCUT2D eigenvalue weighted by molar-refractivity contribution is -0.121. The van der Waals surface area contributed by atoms with E-state index in [-0.39, 0.29) is 11.3 Å². The van der Waals surface area contributed by atoms with Crippen molar-refractivity contribution in [3.63, 3.8) is 0 Å². The third-order valence-electron chi connectivity index (χ3n) is 4.87. The number of nitrogens with two attached hydrogens (primary N) is 1. The van der Waals surface area contributed by atoms with Crippen LogP contribution in [0.2, 0.25) is 0 Å². The van der Waals surface area contributed by atoms with E-state index in [2.05, 4.69) is 4.90 Å². The zero-order chi connectivity index (χ0) is 12.8. The number of primary amides is 1. The molecule has 0 radical (unpaired) electrons. The van der Waals surface area contributed by atoms with Gasteiger partial charge in [-0.05, 0) is 57.2 Å². The monoisotopic (exact) mass is 252 g/mol. The van der Waals surface area contributed by atoms with Gasteiger partial charge in [-0.3, -0.25) is 4.79 Å². The zero-order valence-electron chi connectivity index (χ0n) is 11.6. The number of rotatable bonds is 5. The Balaban J connectivity index is 1.85. The van der Waals surface area contributed by atoms with Crippen LogP contribution in [0.1, 0.15) is 64.2 Å². The molecule has 0 aromatic carbocycles. The average molecular weight is 252 g/mol. The number of hydrogen-bond donors (Lipinski definition) is 1. The van der Waals surface area contributed by atoms with Crippen LogP contribution in [0.4, 0.5) is 0 Å². The summed E-state index contributed by atoms with van der Waals surface area (Å²) in [6.45, 7) is 3.69. The van der Waals surface area contributed by atoms with Crippen LogP contribution in [-0.4, -0.2) is 30.4 Å². The Kier molecular flexibility index (Phi) is 5.04. The Labute approximate surface area is 111 Å². The number of piperidine rings is 1. The van der Waals surface area contributed by atoms with Crippen LogP contribution in [-0.2, 0) is 4.79 Å². The molecule has 1 aliphatic carbocycles. The zero-order valence-corrected chi connectivity index (χ0v) is 11.6. The van der Waals surface area contributed by atoms with Crippen molar-refractivity contribution in [1.29, 1.82) is 0 Å². The maximum Gasteiger partial charge on any atom is 0.217 e. The van der Waals surface area contributed by atoms with Crippen LogP contribution in [0.25, 0.3) is 0 Å². The topological polar surface area (TPSA) is 46.3 Å². The molecule has 3 nitrogen and oxygen atoms in total. The molecule has 1 saturated carbocycles. The normalized spacial score (nSPS) is 24.9. The molecule has 3 heteroatoms. The fraction of sp³-hybridized carbons (Fsp3) is 0.933. The molecule has 104 valence electrons. The third kappa shape index (κ3) is 3.98. The van der Waals surface area contributed by atoms with Crippen molar-refractivity contribution in [3.8, 4) is 0 Å². The first-order valence-corrected chi connectivity index (χ1v) is 7.71. The van der Waals surface area contributed by atoms with E-state index in [1.165, 1.54) is 77.4 Å². The van der Waals surface area contributed by atoms with E-state index in [1.54, 1.807) is 0 Å². The standard InChI is InChI=1S/C15H28N2O/c16-14(18)13-15(7-3-1-4-8-15)9-12-17-10-5-2-6-11-17/h1-13H2,(H2,16,18). The van der Waals surface area contributed by atoms with Gasteiger partial charge in [0.1, 0.15) is 0 Å². The predicted molar refractivity (Wildman–Crippen MR) is 74.2 cm³/mol. The molecule has 1 heterocycles. The van der Waals surface area contributed by atoms with Crippen LogP contribution in [0.15, 0.2) is 0 Å². The lowest BCUT2D eigenvalue weighted by Crippen LogP contribution is -2.37. The summed E-state index contributed by atoms with van der Waals surface area (Å²) in [5, 5.41) is 0. The highest BCUT2D eigenvalue weighted by Crippen LogP contribution is 2.42. The van der Waals surface area contributed by atoms with Gasteiger partial charge in [0, 0.05) is 6.42 Å². The van der Waals surface area contributed by atoms with Crippen molar-refractivity contribution < 1.29 is 4.79 Å². The summed E-state index contributed by atoms with van der Waals surface area (Å²) in [4.78, 5) is 13.9. The van der Waals surface area contributed by atoms with Gasteiger partial charge in [-0.15, -0.1) is 0 Å². The lowest BCUT2D eigenvalue weighted by Gasteiger charge is -2.39. The Morgan fingerprint density at radius 3 is 2.22 bits per heavy atom. The third-order valence-corrected chi connectivity index (χ3v) is 4.87. The Morgan fingerprint density at radius 2 is 1.61 bits per heavy atom. The quantitative estimate of drug-likeness (QED) is 0.817. The highest BCUT2D eigenvalue weighted by atomic mass is 16.1. The minimum Gasteiger partial charge on any atom is -0.370 e. The summed E-state index contributed by atoms with van der Waals surface area (Å²) < 4.78 is 0. The minimum absolute atomic E-state index is 0.101. The fourth-order valence-corrected chi connectivity index (χ4v) is 3.76. The molecule has 0 atom stereocenters. The molecule has 2 aliphatic rings. The highest BCUT2D eigenvalue weighted by molar-refractivity contribution is 5.74. The molecule has 0 aromatic heterocycles. The first-order valence-electron chi connectivity index (χ1n) is 7.71. The van der Waals surface area contributed by atoms with E-state index in [9.17, 15) is 4.79 Å². The van der Waals surface area contributed by atoms with Crippen LogP contribution >= 0.6 is 0 Å². The maximum absolute atomic E-state index is 11.3. The molecule has 18 heavy (non-hydrogen) atoms. The van der Waals surface area contributed by atoms with Crippen molar-refractivity contribution in [3.05, 3.63) is 0 Å². The van der Waals surface area contributed by atoms with E-state index in [1.807, 2.05) is 0 Å². The Hall–Kier alpha value is -0.570. The largest absolute Gasteiger partial charge is 0.370 e. The van der Waals surface area contributed by atoms with Crippen LogP contribution in [0.5, 0.6) is 0 Å². The summed E-state index contributed by atoms with van der Waals surface area (Å²) >= 11 is 0.